The highest BCUT2D eigenvalue weighted by molar-refractivity contribution is 9.10. The second kappa shape index (κ2) is 5.66. The van der Waals surface area contributed by atoms with Crippen LogP contribution in [-0.4, -0.2) is 9.91 Å². The maximum atomic E-state index is 10.9. The lowest BCUT2D eigenvalue weighted by molar-refractivity contribution is -0.386. The molecule has 1 aromatic heterocycles. The van der Waals surface area contributed by atoms with E-state index in [1.807, 2.05) is 0 Å². The molecule has 0 aliphatic rings. The van der Waals surface area contributed by atoms with E-state index in [1.165, 1.54) is 6.07 Å². The van der Waals surface area contributed by atoms with Crippen molar-refractivity contribution in [1.82, 2.24) is 4.98 Å². The molecule has 0 aliphatic heterocycles. The van der Waals surface area contributed by atoms with E-state index in [-0.39, 0.29) is 18.0 Å². The van der Waals surface area contributed by atoms with E-state index in [0.29, 0.717) is 16.0 Å². The predicted octanol–water partition coefficient (Wildman–Crippen LogP) is 2.91. The van der Waals surface area contributed by atoms with E-state index in [2.05, 4.69) is 20.9 Å². The fourth-order valence-electron chi connectivity index (χ4n) is 1.51. The second-order valence-corrected chi connectivity index (χ2v) is 4.54. The summed E-state index contributed by atoms with van der Waals surface area (Å²) < 4.78 is 5.98. The smallest absolute Gasteiger partial charge is 0.312 e. The largest absolute Gasteiger partial charge is 0.480 e. The number of pyridine rings is 1. The molecule has 0 amide bonds. The normalized spacial score (nSPS) is 10.2. The summed E-state index contributed by atoms with van der Waals surface area (Å²) in [5, 5.41) is 10.9. The van der Waals surface area contributed by atoms with Crippen LogP contribution in [0.2, 0.25) is 0 Å². The molecular weight excluding hydrogens is 314 g/mol. The van der Waals surface area contributed by atoms with Gasteiger partial charge in [-0.15, -0.1) is 0 Å². The van der Waals surface area contributed by atoms with Gasteiger partial charge in [0.15, 0.2) is 0 Å². The van der Waals surface area contributed by atoms with Crippen LogP contribution in [0.15, 0.2) is 40.9 Å². The van der Waals surface area contributed by atoms with Gasteiger partial charge in [-0.2, -0.15) is 0 Å². The lowest BCUT2D eigenvalue weighted by Gasteiger charge is -2.08. The molecular formula is C12H10BrN3O3. The van der Waals surface area contributed by atoms with Crippen LogP contribution in [0.5, 0.6) is 5.75 Å². The quantitative estimate of drug-likeness (QED) is 0.690. The van der Waals surface area contributed by atoms with Gasteiger partial charge in [-0.05, 0) is 34.1 Å². The average molecular weight is 324 g/mol. The molecule has 2 aromatic rings. The monoisotopic (exact) mass is 323 g/mol. The number of para-hydroxylation sites is 1. The summed E-state index contributed by atoms with van der Waals surface area (Å²) in [6.45, 7) is 0.106. The lowest BCUT2D eigenvalue weighted by Crippen LogP contribution is -2.02. The van der Waals surface area contributed by atoms with Crippen molar-refractivity contribution in [2.24, 2.45) is 0 Å². The lowest BCUT2D eigenvalue weighted by atomic mass is 10.3. The van der Waals surface area contributed by atoms with Crippen LogP contribution in [0.4, 0.5) is 11.5 Å². The SMILES string of the molecule is Nc1cccc(COc2c(Br)cccc2[N+](=O)[O-])n1. The highest BCUT2D eigenvalue weighted by Crippen LogP contribution is 2.35. The van der Waals surface area contributed by atoms with Crippen molar-refractivity contribution < 1.29 is 9.66 Å². The molecule has 1 heterocycles. The number of nitro benzene ring substituents is 1. The topological polar surface area (TPSA) is 91.3 Å². The number of nitrogens with zero attached hydrogens (tertiary/aromatic N) is 2. The first-order valence-electron chi connectivity index (χ1n) is 5.35. The van der Waals surface area contributed by atoms with Crippen molar-refractivity contribution in [2.45, 2.75) is 6.61 Å². The fourth-order valence-corrected chi connectivity index (χ4v) is 1.98. The van der Waals surface area contributed by atoms with E-state index >= 15 is 0 Å². The van der Waals surface area contributed by atoms with Gasteiger partial charge in [-0.3, -0.25) is 10.1 Å². The van der Waals surface area contributed by atoms with Crippen molar-refractivity contribution in [3.63, 3.8) is 0 Å². The standard InChI is InChI=1S/C12H10BrN3O3/c13-9-4-2-5-10(16(17)18)12(9)19-7-8-3-1-6-11(14)15-8/h1-6H,7H2,(H2,14,15). The van der Waals surface area contributed by atoms with Gasteiger partial charge >= 0.3 is 5.69 Å². The maximum absolute atomic E-state index is 10.9. The van der Waals surface area contributed by atoms with E-state index < -0.39 is 4.92 Å². The minimum Gasteiger partial charge on any atom is -0.480 e. The minimum absolute atomic E-state index is 0.0988. The van der Waals surface area contributed by atoms with Crippen molar-refractivity contribution in [1.29, 1.82) is 0 Å². The van der Waals surface area contributed by atoms with Gasteiger partial charge in [0.25, 0.3) is 0 Å². The Morgan fingerprint density at radius 1 is 1.32 bits per heavy atom. The molecule has 98 valence electrons. The molecule has 19 heavy (non-hydrogen) atoms. The highest BCUT2D eigenvalue weighted by atomic mass is 79.9. The third-order valence-electron chi connectivity index (χ3n) is 2.34. The first kappa shape index (κ1) is 13.3. The third-order valence-corrected chi connectivity index (χ3v) is 2.96. The Morgan fingerprint density at radius 2 is 2.05 bits per heavy atom. The summed E-state index contributed by atoms with van der Waals surface area (Å²) in [7, 11) is 0. The van der Waals surface area contributed by atoms with Crippen molar-refractivity contribution in [2.75, 3.05) is 5.73 Å². The molecule has 2 rings (SSSR count). The summed E-state index contributed by atoms with van der Waals surface area (Å²) in [5.41, 5.74) is 6.05. The number of benzene rings is 1. The number of ether oxygens (including phenoxy) is 1. The molecule has 0 radical (unpaired) electrons. The Morgan fingerprint density at radius 3 is 2.74 bits per heavy atom. The van der Waals surface area contributed by atoms with Crippen LogP contribution >= 0.6 is 15.9 Å². The first-order valence-corrected chi connectivity index (χ1v) is 6.14. The Balaban J connectivity index is 2.22. The average Bonchev–Trinajstić information content (AvgIpc) is 2.37. The second-order valence-electron chi connectivity index (χ2n) is 3.69. The highest BCUT2D eigenvalue weighted by Gasteiger charge is 2.18. The van der Waals surface area contributed by atoms with Gasteiger partial charge in [0.2, 0.25) is 5.75 Å². The zero-order chi connectivity index (χ0) is 13.8. The van der Waals surface area contributed by atoms with Crippen molar-refractivity contribution in [3.05, 3.63) is 56.7 Å². The molecule has 0 spiro atoms. The number of hydrogen-bond donors (Lipinski definition) is 1. The van der Waals surface area contributed by atoms with Gasteiger partial charge in [-0.1, -0.05) is 12.1 Å². The van der Waals surface area contributed by atoms with Crippen LogP contribution in [0.25, 0.3) is 0 Å². The number of hydrogen-bond acceptors (Lipinski definition) is 5. The van der Waals surface area contributed by atoms with Crippen molar-refractivity contribution >= 4 is 27.4 Å². The molecule has 0 saturated carbocycles. The number of nitrogens with two attached hydrogens (primary N) is 1. The Kier molecular flexibility index (Phi) is 3.96. The molecule has 0 saturated heterocycles. The summed E-state index contributed by atoms with van der Waals surface area (Å²) in [6.07, 6.45) is 0. The number of anilines is 1. The van der Waals surface area contributed by atoms with E-state index in [9.17, 15) is 10.1 Å². The number of nitrogen functional groups attached to an aromatic ring is 1. The molecule has 6 nitrogen and oxygen atoms in total. The fraction of sp³-hybridized carbons (Fsp3) is 0.0833. The zero-order valence-electron chi connectivity index (χ0n) is 9.75. The molecule has 0 fully saturated rings. The van der Waals surface area contributed by atoms with Crippen LogP contribution in [0, 0.1) is 10.1 Å². The van der Waals surface area contributed by atoms with Crippen LogP contribution in [-0.2, 0) is 6.61 Å². The Labute approximate surface area is 117 Å². The number of nitro groups is 1. The summed E-state index contributed by atoms with van der Waals surface area (Å²) in [5.74, 6) is 0.555. The third kappa shape index (κ3) is 3.19. The van der Waals surface area contributed by atoms with Gasteiger partial charge in [-0.25, -0.2) is 4.98 Å². The molecule has 2 N–H and O–H groups in total. The molecule has 7 heteroatoms. The van der Waals surface area contributed by atoms with E-state index in [4.69, 9.17) is 10.5 Å². The Hall–Kier alpha value is -2.15. The molecule has 0 unspecified atom stereocenters. The minimum atomic E-state index is -0.493. The van der Waals surface area contributed by atoms with Crippen molar-refractivity contribution in [3.8, 4) is 5.75 Å². The van der Waals surface area contributed by atoms with Crippen LogP contribution in [0.1, 0.15) is 5.69 Å². The van der Waals surface area contributed by atoms with E-state index in [1.54, 1.807) is 30.3 Å². The number of aromatic nitrogens is 1. The van der Waals surface area contributed by atoms with Gasteiger partial charge < -0.3 is 10.5 Å². The molecule has 0 atom stereocenters. The Bertz CT molecular complexity index is 619. The van der Waals surface area contributed by atoms with Gasteiger partial charge in [0, 0.05) is 6.07 Å². The summed E-state index contributed by atoms with van der Waals surface area (Å²) in [4.78, 5) is 14.5. The summed E-state index contributed by atoms with van der Waals surface area (Å²) in [6, 6.07) is 9.77. The molecule has 0 aliphatic carbocycles. The predicted molar refractivity (Wildman–Crippen MR) is 73.8 cm³/mol. The maximum Gasteiger partial charge on any atom is 0.312 e. The van der Waals surface area contributed by atoms with Gasteiger partial charge in [0.1, 0.15) is 12.4 Å². The van der Waals surface area contributed by atoms with Crippen LogP contribution in [0.3, 0.4) is 0 Å². The number of halogens is 1. The first-order chi connectivity index (χ1) is 9.08. The van der Waals surface area contributed by atoms with Gasteiger partial charge in [0.05, 0.1) is 15.1 Å². The van der Waals surface area contributed by atoms with Crippen LogP contribution < -0.4 is 10.5 Å². The van der Waals surface area contributed by atoms with E-state index in [0.717, 1.165) is 0 Å². The number of rotatable bonds is 4. The summed E-state index contributed by atoms with van der Waals surface area (Å²) >= 11 is 3.23. The molecule has 1 aromatic carbocycles. The zero-order valence-corrected chi connectivity index (χ0v) is 11.3. The molecule has 0 bridgehead atoms.